The van der Waals surface area contributed by atoms with Gasteiger partial charge in [0.05, 0.1) is 36.9 Å². The number of nitrogen functional groups attached to an aromatic ring is 1. The molecule has 0 aromatic carbocycles. The number of rotatable bonds is 8. The summed E-state index contributed by atoms with van der Waals surface area (Å²) < 4.78 is 11.2. The molecule has 0 atom stereocenters. The molecular weight excluding hydrogens is 700 g/mol. The van der Waals surface area contributed by atoms with Crippen LogP contribution in [0.5, 0.6) is 11.5 Å². The lowest BCUT2D eigenvalue weighted by Gasteiger charge is -2.29. The van der Waals surface area contributed by atoms with E-state index in [0.717, 1.165) is 84.7 Å². The molecule has 0 radical (unpaired) electrons. The number of nitrogens with zero attached hydrogens (tertiary/aromatic N) is 8. The largest absolute Gasteiger partial charge is 0.488 e. The summed E-state index contributed by atoms with van der Waals surface area (Å²) in [5, 5.41) is 17.7. The molecule has 8 rings (SSSR count). The van der Waals surface area contributed by atoms with Gasteiger partial charge in [-0.25, -0.2) is 24.9 Å². The number of carboxylic acids is 1. The number of likely N-dealkylation sites (N-methyl/N-ethyl adjacent to an activating group) is 2. The van der Waals surface area contributed by atoms with Crippen LogP contribution in [0.4, 0.5) is 40.6 Å². The molecule has 4 aromatic heterocycles. The standard InChI is InChI=1S/C17H22N6O.C9H13N3O.C8H10ClN3.C2H4O2/c1-3-23-6-7-24-14-8-13(10-18-16(14)23)21-17-19-9-11(2)15(22-17)20-12-4-5-12;1-2-12-3-4-13-8-5-7(10)6-11-9(8)12;1-5-4-10-8(9)12-7(5)11-6-2-3-6;1-2(3)4/h8-10,12H,3-7H2,1-2H3,(H2,19,20,21,22);5-6H,2-4,10H2,1H3;4,6H,2-3H2,1H3,(H,10,11,12);1H3,(H,3,4). The number of aryl methyl sites for hydroxylation is 2. The van der Waals surface area contributed by atoms with E-state index in [1.807, 2.05) is 32.2 Å². The van der Waals surface area contributed by atoms with E-state index in [0.29, 0.717) is 42.2 Å². The van der Waals surface area contributed by atoms with E-state index in [1.54, 1.807) is 18.6 Å². The average molecular weight is 749 g/mol. The molecule has 17 heteroatoms. The topological polar surface area (TPSA) is 202 Å². The van der Waals surface area contributed by atoms with Crippen molar-refractivity contribution in [3.05, 3.63) is 53.3 Å². The second-order valence-corrected chi connectivity index (χ2v) is 13.2. The number of aromatic nitrogens is 6. The van der Waals surface area contributed by atoms with Crippen LogP contribution in [-0.4, -0.2) is 92.5 Å². The SMILES string of the molecule is CC(=O)O.CCN1CCOc2cc(N)cnc21.CCN1CCOc2cc(Nc3ncc(C)c(NC4CC4)n3)cnc21.Cc1cnc(Cl)nc1NC1CC1. The number of ether oxygens (including phenoxy) is 2. The van der Waals surface area contributed by atoms with Crippen molar-refractivity contribution in [2.45, 2.75) is 72.4 Å². The fraction of sp³-hybridized carbons (Fsp3) is 0.472. The second-order valence-electron chi connectivity index (χ2n) is 12.9. The van der Waals surface area contributed by atoms with Gasteiger partial charge >= 0.3 is 0 Å². The van der Waals surface area contributed by atoms with Crippen LogP contribution in [0.25, 0.3) is 0 Å². The summed E-state index contributed by atoms with van der Waals surface area (Å²) in [5.74, 6) is 4.91. The van der Waals surface area contributed by atoms with Gasteiger partial charge in [0.15, 0.2) is 23.1 Å². The first-order valence-electron chi connectivity index (χ1n) is 17.9. The Bertz CT molecular complexity index is 1840. The third-order valence-corrected chi connectivity index (χ3v) is 8.48. The minimum atomic E-state index is -0.833. The van der Waals surface area contributed by atoms with Crippen molar-refractivity contribution in [2.75, 3.05) is 70.9 Å². The Morgan fingerprint density at radius 2 is 1.34 bits per heavy atom. The molecule has 4 aromatic rings. The maximum Gasteiger partial charge on any atom is 0.300 e. The van der Waals surface area contributed by atoms with Crippen molar-refractivity contribution in [1.29, 1.82) is 0 Å². The number of hydrogen-bond acceptors (Lipinski definition) is 15. The highest BCUT2D eigenvalue weighted by Gasteiger charge is 2.24. The van der Waals surface area contributed by atoms with Crippen molar-refractivity contribution in [2.24, 2.45) is 0 Å². The highest BCUT2D eigenvalue weighted by Crippen LogP contribution is 2.33. The third kappa shape index (κ3) is 11.8. The molecule has 16 nitrogen and oxygen atoms in total. The number of anilines is 7. The van der Waals surface area contributed by atoms with E-state index >= 15 is 0 Å². The number of pyridine rings is 2. The molecular formula is C36H49ClN12O4. The van der Waals surface area contributed by atoms with Crippen molar-refractivity contribution in [3.63, 3.8) is 0 Å². The van der Waals surface area contributed by atoms with E-state index in [9.17, 15) is 0 Å². The summed E-state index contributed by atoms with van der Waals surface area (Å²) in [5.41, 5.74) is 9.19. The number of hydrogen-bond donors (Lipinski definition) is 5. The summed E-state index contributed by atoms with van der Waals surface area (Å²) in [6, 6.07) is 4.95. The number of nitrogens with one attached hydrogen (secondary N) is 3. The molecule has 53 heavy (non-hydrogen) atoms. The number of nitrogens with two attached hydrogens (primary N) is 1. The van der Waals surface area contributed by atoms with Crippen molar-refractivity contribution in [3.8, 4) is 11.5 Å². The van der Waals surface area contributed by atoms with E-state index in [4.69, 9.17) is 36.7 Å². The van der Waals surface area contributed by atoms with Gasteiger partial charge in [-0.3, -0.25) is 4.79 Å². The summed E-state index contributed by atoms with van der Waals surface area (Å²) in [7, 11) is 0. The maximum atomic E-state index is 9.00. The van der Waals surface area contributed by atoms with Crippen LogP contribution >= 0.6 is 11.6 Å². The molecule has 6 heterocycles. The Balaban J connectivity index is 0.000000158. The molecule has 2 saturated carbocycles. The molecule has 2 fully saturated rings. The molecule has 6 N–H and O–H groups in total. The average Bonchev–Trinajstić information content (AvgIpc) is 4.09. The lowest BCUT2D eigenvalue weighted by molar-refractivity contribution is -0.134. The Kier molecular flexibility index (Phi) is 13.5. The lowest BCUT2D eigenvalue weighted by Crippen LogP contribution is -2.33. The van der Waals surface area contributed by atoms with Gasteiger partial charge in [-0.2, -0.15) is 4.98 Å². The molecule has 2 aliphatic carbocycles. The van der Waals surface area contributed by atoms with Gasteiger partial charge in [0, 0.05) is 67.8 Å². The normalized spacial score (nSPS) is 15.2. The van der Waals surface area contributed by atoms with Crippen LogP contribution in [0.1, 0.15) is 57.6 Å². The van der Waals surface area contributed by atoms with Gasteiger partial charge in [0.2, 0.25) is 11.2 Å². The highest BCUT2D eigenvalue weighted by atomic mass is 35.5. The zero-order valence-corrected chi connectivity index (χ0v) is 31.7. The van der Waals surface area contributed by atoms with Gasteiger partial charge in [0.1, 0.15) is 24.8 Å². The molecule has 2 aliphatic heterocycles. The smallest absolute Gasteiger partial charge is 0.300 e. The summed E-state index contributed by atoms with van der Waals surface area (Å²) in [6.45, 7) is 14.4. The van der Waals surface area contributed by atoms with Crippen LogP contribution in [0.15, 0.2) is 36.9 Å². The quantitative estimate of drug-likeness (QED) is 0.137. The first kappa shape index (κ1) is 38.8. The minimum absolute atomic E-state index is 0.309. The Labute approximate surface area is 314 Å². The first-order chi connectivity index (χ1) is 25.5. The van der Waals surface area contributed by atoms with Crippen molar-refractivity contribution >= 4 is 58.2 Å². The second kappa shape index (κ2) is 18.4. The van der Waals surface area contributed by atoms with Crippen molar-refractivity contribution < 1.29 is 19.4 Å². The van der Waals surface area contributed by atoms with Gasteiger partial charge in [-0.15, -0.1) is 0 Å². The van der Waals surface area contributed by atoms with Gasteiger partial charge < -0.3 is 46.1 Å². The number of halogens is 1. The van der Waals surface area contributed by atoms with Crippen LogP contribution in [0, 0.1) is 13.8 Å². The van der Waals surface area contributed by atoms with E-state index in [-0.39, 0.29) is 0 Å². The number of carbonyl (C=O) groups is 1. The van der Waals surface area contributed by atoms with E-state index in [2.05, 4.69) is 69.5 Å². The van der Waals surface area contributed by atoms with Gasteiger partial charge in [-0.1, -0.05) is 0 Å². The molecule has 0 saturated heterocycles. The van der Waals surface area contributed by atoms with Crippen LogP contribution in [0.2, 0.25) is 5.28 Å². The molecule has 284 valence electrons. The summed E-state index contributed by atoms with van der Waals surface area (Å²) in [6.07, 6.45) is 11.9. The Hall–Kier alpha value is -5.38. The predicted octanol–water partition coefficient (Wildman–Crippen LogP) is 5.70. The lowest BCUT2D eigenvalue weighted by atomic mass is 10.3. The highest BCUT2D eigenvalue weighted by molar-refractivity contribution is 6.28. The van der Waals surface area contributed by atoms with Crippen LogP contribution < -0.4 is 41.0 Å². The summed E-state index contributed by atoms with van der Waals surface area (Å²) >= 11 is 5.66. The van der Waals surface area contributed by atoms with Crippen molar-refractivity contribution in [1.82, 2.24) is 29.9 Å². The Morgan fingerprint density at radius 3 is 1.89 bits per heavy atom. The first-order valence-corrected chi connectivity index (χ1v) is 18.2. The fourth-order valence-corrected chi connectivity index (χ4v) is 5.32. The number of fused-ring (bicyclic) bond motifs is 2. The molecule has 0 unspecified atom stereocenters. The van der Waals surface area contributed by atoms with Gasteiger partial charge in [0.25, 0.3) is 5.97 Å². The molecule has 0 amide bonds. The minimum Gasteiger partial charge on any atom is -0.488 e. The molecule has 0 spiro atoms. The zero-order valence-electron chi connectivity index (χ0n) is 30.9. The van der Waals surface area contributed by atoms with E-state index < -0.39 is 5.97 Å². The maximum absolute atomic E-state index is 9.00. The molecule has 4 aliphatic rings. The van der Waals surface area contributed by atoms with Crippen LogP contribution in [-0.2, 0) is 4.79 Å². The summed E-state index contributed by atoms with van der Waals surface area (Å²) in [4.78, 5) is 39.1. The number of carboxylic acid groups (broad SMARTS) is 1. The predicted molar refractivity (Wildman–Crippen MR) is 208 cm³/mol. The van der Waals surface area contributed by atoms with E-state index in [1.165, 1.54) is 25.7 Å². The third-order valence-electron chi connectivity index (χ3n) is 8.29. The van der Waals surface area contributed by atoms with Crippen LogP contribution in [0.3, 0.4) is 0 Å². The van der Waals surface area contributed by atoms with Gasteiger partial charge in [-0.05, 0) is 65.0 Å². The monoisotopic (exact) mass is 748 g/mol. The fourth-order valence-electron chi connectivity index (χ4n) is 5.19. The number of aliphatic carboxylic acids is 1. The molecule has 0 bridgehead atoms. The zero-order chi connectivity index (χ0) is 37.9. The Morgan fingerprint density at radius 1 is 0.830 bits per heavy atom.